The van der Waals surface area contributed by atoms with Crippen molar-refractivity contribution >= 4 is 0 Å². The van der Waals surface area contributed by atoms with Gasteiger partial charge in [0.15, 0.2) is 0 Å². The molecule has 0 amide bonds. The SMILES string of the molecule is CCn1cc(CC(C)c2ccc(O)c(C)c2)nn1. The molecule has 0 radical (unpaired) electrons. The molecular weight excluding hydrogens is 226 g/mol. The van der Waals surface area contributed by atoms with E-state index < -0.39 is 0 Å². The maximum Gasteiger partial charge on any atom is 0.118 e. The van der Waals surface area contributed by atoms with Crippen molar-refractivity contribution in [3.05, 3.63) is 41.2 Å². The van der Waals surface area contributed by atoms with Crippen LogP contribution >= 0.6 is 0 Å². The van der Waals surface area contributed by atoms with Gasteiger partial charge in [0.1, 0.15) is 5.75 Å². The monoisotopic (exact) mass is 245 g/mol. The van der Waals surface area contributed by atoms with Gasteiger partial charge in [-0.1, -0.05) is 24.3 Å². The van der Waals surface area contributed by atoms with Crippen molar-refractivity contribution < 1.29 is 5.11 Å². The van der Waals surface area contributed by atoms with Crippen molar-refractivity contribution in [1.29, 1.82) is 0 Å². The van der Waals surface area contributed by atoms with E-state index in [1.54, 1.807) is 6.07 Å². The Kier molecular flexibility index (Phi) is 3.65. The predicted octanol–water partition coefficient (Wildman–Crippen LogP) is 2.66. The zero-order valence-corrected chi connectivity index (χ0v) is 11.1. The van der Waals surface area contributed by atoms with Gasteiger partial charge < -0.3 is 5.11 Å². The Morgan fingerprint density at radius 1 is 1.39 bits per heavy atom. The molecule has 0 saturated heterocycles. The fourth-order valence-electron chi connectivity index (χ4n) is 2.00. The third kappa shape index (κ3) is 2.70. The lowest BCUT2D eigenvalue weighted by molar-refractivity contribution is 0.470. The number of aromatic hydroxyl groups is 1. The lowest BCUT2D eigenvalue weighted by Crippen LogP contribution is -1.99. The molecule has 0 aliphatic rings. The molecule has 0 bridgehead atoms. The quantitative estimate of drug-likeness (QED) is 0.901. The van der Waals surface area contributed by atoms with Crippen LogP contribution in [0.4, 0.5) is 0 Å². The van der Waals surface area contributed by atoms with E-state index in [1.807, 2.05) is 36.9 Å². The first-order valence-electron chi connectivity index (χ1n) is 6.28. The number of aryl methyl sites for hydroxylation is 2. The van der Waals surface area contributed by atoms with Crippen molar-refractivity contribution in [3.63, 3.8) is 0 Å². The van der Waals surface area contributed by atoms with Crippen LogP contribution in [0.1, 0.15) is 36.6 Å². The Hall–Kier alpha value is -1.84. The summed E-state index contributed by atoms with van der Waals surface area (Å²) in [6.07, 6.45) is 2.86. The fourth-order valence-corrected chi connectivity index (χ4v) is 2.00. The summed E-state index contributed by atoms with van der Waals surface area (Å²) in [6.45, 7) is 6.97. The standard InChI is InChI=1S/C14H19N3O/c1-4-17-9-13(15-16-17)8-10(2)12-5-6-14(18)11(3)7-12/h5-7,9-10,18H,4,8H2,1-3H3. The lowest BCUT2D eigenvalue weighted by Gasteiger charge is -2.11. The van der Waals surface area contributed by atoms with Crippen LogP contribution in [0.2, 0.25) is 0 Å². The average molecular weight is 245 g/mol. The molecule has 2 rings (SSSR count). The molecule has 1 N–H and O–H groups in total. The van der Waals surface area contributed by atoms with Crippen LogP contribution in [0.25, 0.3) is 0 Å². The Morgan fingerprint density at radius 3 is 2.78 bits per heavy atom. The van der Waals surface area contributed by atoms with E-state index in [0.29, 0.717) is 11.7 Å². The number of aromatic nitrogens is 3. The summed E-state index contributed by atoms with van der Waals surface area (Å²) < 4.78 is 1.84. The lowest BCUT2D eigenvalue weighted by atomic mass is 9.95. The van der Waals surface area contributed by atoms with E-state index in [0.717, 1.165) is 24.2 Å². The molecule has 0 aliphatic heterocycles. The number of phenolic OH excluding ortho intramolecular Hbond substituents is 1. The fraction of sp³-hybridized carbons (Fsp3) is 0.429. The molecule has 2 aromatic rings. The zero-order chi connectivity index (χ0) is 13.1. The third-order valence-corrected chi connectivity index (χ3v) is 3.22. The second kappa shape index (κ2) is 5.21. The largest absolute Gasteiger partial charge is 0.508 e. The highest BCUT2D eigenvalue weighted by Crippen LogP contribution is 2.24. The van der Waals surface area contributed by atoms with Gasteiger partial charge in [-0.15, -0.1) is 5.10 Å². The highest BCUT2D eigenvalue weighted by molar-refractivity contribution is 5.36. The molecule has 1 heterocycles. The number of hydrogen-bond donors (Lipinski definition) is 1. The first-order valence-corrected chi connectivity index (χ1v) is 6.28. The molecule has 0 saturated carbocycles. The average Bonchev–Trinajstić information content (AvgIpc) is 2.80. The Balaban J connectivity index is 2.11. The second-order valence-electron chi connectivity index (χ2n) is 4.72. The maximum absolute atomic E-state index is 9.52. The van der Waals surface area contributed by atoms with Gasteiger partial charge in [0.05, 0.1) is 5.69 Å². The molecular formula is C14H19N3O. The van der Waals surface area contributed by atoms with Gasteiger partial charge in [0.2, 0.25) is 0 Å². The molecule has 0 aliphatic carbocycles. The van der Waals surface area contributed by atoms with Crippen LogP contribution in [-0.2, 0) is 13.0 Å². The normalized spacial score (nSPS) is 12.6. The smallest absolute Gasteiger partial charge is 0.118 e. The molecule has 1 aromatic heterocycles. The molecule has 1 unspecified atom stereocenters. The number of rotatable bonds is 4. The molecule has 1 aromatic carbocycles. The van der Waals surface area contributed by atoms with Gasteiger partial charge in [0, 0.05) is 12.7 Å². The number of phenols is 1. The van der Waals surface area contributed by atoms with Crippen molar-refractivity contribution in [2.24, 2.45) is 0 Å². The van der Waals surface area contributed by atoms with E-state index >= 15 is 0 Å². The summed E-state index contributed by atoms with van der Waals surface area (Å²) >= 11 is 0. The first kappa shape index (κ1) is 12.6. The van der Waals surface area contributed by atoms with Gasteiger partial charge >= 0.3 is 0 Å². The van der Waals surface area contributed by atoms with E-state index in [4.69, 9.17) is 0 Å². The summed E-state index contributed by atoms with van der Waals surface area (Å²) in [4.78, 5) is 0. The number of hydrogen-bond acceptors (Lipinski definition) is 3. The van der Waals surface area contributed by atoms with E-state index in [1.165, 1.54) is 5.56 Å². The van der Waals surface area contributed by atoms with Crippen LogP contribution in [0.15, 0.2) is 24.4 Å². The van der Waals surface area contributed by atoms with Gasteiger partial charge in [-0.3, -0.25) is 4.68 Å². The van der Waals surface area contributed by atoms with Crippen molar-refractivity contribution in [3.8, 4) is 5.75 Å². The molecule has 4 nitrogen and oxygen atoms in total. The van der Waals surface area contributed by atoms with E-state index in [-0.39, 0.29) is 0 Å². The minimum Gasteiger partial charge on any atom is -0.508 e. The summed E-state index contributed by atoms with van der Waals surface area (Å²) in [5, 5.41) is 17.7. The Bertz CT molecular complexity index is 534. The molecule has 18 heavy (non-hydrogen) atoms. The highest BCUT2D eigenvalue weighted by Gasteiger charge is 2.10. The predicted molar refractivity (Wildman–Crippen MR) is 70.7 cm³/mol. The highest BCUT2D eigenvalue weighted by atomic mass is 16.3. The molecule has 4 heteroatoms. The summed E-state index contributed by atoms with van der Waals surface area (Å²) in [6, 6.07) is 5.76. The van der Waals surface area contributed by atoms with Crippen LogP contribution in [-0.4, -0.2) is 20.1 Å². The van der Waals surface area contributed by atoms with Gasteiger partial charge in [0.25, 0.3) is 0 Å². The van der Waals surface area contributed by atoms with Crippen LogP contribution < -0.4 is 0 Å². The van der Waals surface area contributed by atoms with Crippen LogP contribution in [0, 0.1) is 6.92 Å². The minimum absolute atomic E-state index is 0.350. The third-order valence-electron chi connectivity index (χ3n) is 3.22. The summed E-state index contributed by atoms with van der Waals surface area (Å²) in [7, 11) is 0. The molecule has 0 spiro atoms. The van der Waals surface area contributed by atoms with Gasteiger partial charge in [-0.25, -0.2) is 0 Å². The van der Waals surface area contributed by atoms with Crippen molar-refractivity contribution in [1.82, 2.24) is 15.0 Å². The van der Waals surface area contributed by atoms with Crippen molar-refractivity contribution in [2.45, 2.75) is 39.7 Å². The van der Waals surface area contributed by atoms with Gasteiger partial charge in [-0.05, 0) is 43.4 Å². The van der Waals surface area contributed by atoms with Crippen molar-refractivity contribution in [2.75, 3.05) is 0 Å². The molecule has 0 fully saturated rings. The van der Waals surface area contributed by atoms with Crippen LogP contribution in [0.3, 0.4) is 0 Å². The number of benzene rings is 1. The second-order valence-corrected chi connectivity index (χ2v) is 4.72. The van der Waals surface area contributed by atoms with Gasteiger partial charge in [-0.2, -0.15) is 0 Å². The number of nitrogens with zero attached hydrogens (tertiary/aromatic N) is 3. The zero-order valence-electron chi connectivity index (χ0n) is 11.1. The summed E-state index contributed by atoms with van der Waals surface area (Å²) in [5.74, 6) is 0.717. The maximum atomic E-state index is 9.52. The first-order chi connectivity index (χ1) is 8.60. The van der Waals surface area contributed by atoms with E-state index in [9.17, 15) is 5.11 Å². The Morgan fingerprint density at radius 2 is 2.17 bits per heavy atom. The molecule has 1 atom stereocenters. The Labute approximate surface area is 107 Å². The van der Waals surface area contributed by atoms with E-state index in [2.05, 4.69) is 17.2 Å². The summed E-state index contributed by atoms with van der Waals surface area (Å²) in [5.41, 5.74) is 3.14. The topological polar surface area (TPSA) is 50.9 Å². The van der Waals surface area contributed by atoms with Crippen LogP contribution in [0.5, 0.6) is 5.75 Å². The molecule has 96 valence electrons. The minimum atomic E-state index is 0.350.